The van der Waals surface area contributed by atoms with E-state index in [-0.39, 0.29) is 22.7 Å². The molecule has 2 aliphatic carbocycles. The highest BCUT2D eigenvalue weighted by Gasteiger charge is 2.56. The number of aliphatic hydroxyl groups excluding tert-OH is 1. The third kappa shape index (κ3) is 2.27. The number of halogens is 1. The van der Waals surface area contributed by atoms with Gasteiger partial charge in [0, 0.05) is 9.40 Å². The zero-order valence-corrected chi connectivity index (χ0v) is 12.7. The summed E-state index contributed by atoms with van der Waals surface area (Å²) in [6.07, 6.45) is 3.31. The van der Waals surface area contributed by atoms with Crippen LogP contribution in [-0.4, -0.2) is 22.2 Å². The van der Waals surface area contributed by atoms with Crippen molar-refractivity contribution >= 4 is 15.9 Å². The van der Waals surface area contributed by atoms with E-state index in [1.54, 1.807) is 0 Å². The van der Waals surface area contributed by atoms with Gasteiger partial charge in [-0.1, -0.05) is 40.9 Å². The molecule has 0 aliphatic heterocycles. The van der Waals surface area contributed by atoms with Crippen LogP contribution in [0.1, 0.15) is 37.2 Å². The summed E-state index contributed by atoms with van der Waals surface area (Å²) in [5, 5.41) is 21.8. The first-order valence-electron chi connectivity index (χ1n) is 7.16. The summed E-state index contributed by atoms with van der Waals surface area (Å²) in [4.78, 5) is 11.2. The largest absolute Gasteiger partial charge is 0.386 e. The number of nitrogens with zero attached hydrogens (tertiary/aromatic N) is 1. The quantitative estimate of drug-likeness (QED) is 0.663. The van der Waals surface area contributed by atoms with Gasteiger partial charge in [-0.3, -0.25) is 10.1 Å². The maximum atomic E-state index is 11.4. The van der Waals surface area contributed by atoms with E-state index in [1.807, 2.05) is 24.3 Å². The van der Waals surface area contributed by atoms with Crippen LogP contribution in [0, 0.1) is 22.0 Å². The Labute approximate surface area is 126 Å². The summed E-state index contributed by atoms with van der Waals surface area (Å²) in [6.45, 7) is 0. The van der Waals surface area contributed by atoms with Gasteiger partial charge >= 0.3 is 0 Å². The van der Waals surface area contributed by atoms with Crippen molar-refractivity contribution in [2.24, 2.45) is 11.8 Å². The molecule has 5 heteroatoms. The molecule has 1 aromatic rings. The molecule has 0 saturated heterocycles. The Kier molecular flexibility index (Phi) is 3.82. The molecule has 108 valence electrons. The minimum Gasteiger partial charge on any atom is -0.386 e. The van der Waals surface area contributed by atoms with E-state index in [4.69, 9.17) is 0 Å². The number of fused-ring (bicyclic) bond motifs is 1. The van der Waals surface area contributed by atoms with Crippen LogP contribution in [0.5, 0.6) is 0 Å². The van der Waals surface area contributed by atoms with Gasteiger partial charge in [0.1, 0.15) is 6.10 Å². The van der Waals surface area contributed by atoms with E-state index in [9.17, 15) is 15.2 Å². The Morgan fingerprint density at radius 3 is 2.35 bits per heavy atom. The van der Waals surface area contributed by atoms with Crippen molar-refractivity contribution in [3.05, 3.63) is 44.4 Å². The fourth-order valence-electron chi connectivity index (χ4n) is 4.16. The smallest absolute Gasteiger partial charge is 0.245 e. The molecular formula is C15H18BrNO3. The predicted molar refractivity (Wildman–Crippen MR) is 79.1 cm³/mol. The first-order chi connectivity index (χ1) is 9.59. The molecule has 0 unspecified atom stereocenters. The van der Waals surface area contributed by atoms with Crippen molar-refractivity contribution in [1.29, 1.82) is 0 Å². The second-order valence-electron chi connectivity index (χ2n) is 5.96. The summed E-state index contributed by atoms with van der Waals surface area (Å²) in [5.74, 6) is 0.182. The molecule has 0 spiro atoms. The summed E-state index contributed by atoms with van der Waals surface area (Å²) in [6, 6.07) is 6.90. The van der Waals surface area contributed by atoms with Gasteiger partial charge < -0.3 is 5.11 Å². The van der Waals surface area contributed by atoms with Crippen molar-refractivity contribution in [1.82, 2.24) is 0 Å². The van der Waals surface area contributed by atoms with Gasteiger partial charge in [-0.25, -0.2) is 0 Å². The molecule has 0 radical (unpaired) electrons. The van der Waals surface area contributed by atoms with Crippen LogP contribution in [0.2, 0.25) is 0 Å². The van der Waals surface area contributed by atoms with Crippen molar-refractivity contribution < 1.29 is 10.0 Å². The van der Waals surface area contributed by atoms with E-state index < -0.39 is 12.1 Å². The lowest BCUT2D eigenvalue weighted by Gasteiger charge is -2.28. The maximum absolute atomic E-state index is 11.4. The van der Waals surface area contributed by atoms with Gasteiger partial charge in [-0.15, -0.1) is 0 Å². The minimum atomic E-state index is -0.857. The zero-order chi connectivity index (χ0) is 14.3. The monoisotopic (exact) mass is 339 g/mol. The second kappa shape index (κ2) is 5.45. The molecule has 3 rings (SSSR count). The summed E-state index contributed by atoms with van der Waals surface area (Å²) in [7, 11) is 0. The lowest BCUT2D eigenvalue weighted by molar-refractivity contribution is -0.535. The Hall–Kier alpha value is -0.940. The van der Waals surface area contributed by atoms with Gasteiger partial charge in [0.2, 0.25) is 6.04 Å². The SMILES string of the molecule is O=[N+]([O-])[C@H]1[C@@H](O)[C@@H]2CCCC[C@H]2[C@@H]1c1ccc(Br)cc1. The lowest BCUT2D eigenvalue weighted by Crippen LogP contribution is -2.35. The number of nitro groups is 1. The summed E-state index contributed by atoms with van der Waals surface area (Å²) < 4.78 is 0.970. The van der Waals surface area contributed by atoms with Gasteiger partial charge in [0.15, 0.2) is 0 Å². The predicted octanol–water partition coefficient (Wildman–Crippen LogP) is 3.36. The van der Waals surface area contributed by atoms with E-state index in [1.165, 1.54) is 0 Å². The third-order valence-corrected chi connectivity index (χ3v) is 5.52. The zero-order valence-electron chi connectivity index (χ0n) is 11.1. The molecule has 20 heavy (non-hydrogen) atoms. The molecule has 2 saturated carbocycles. The van der Waals surface area contributed by atoms with Gasteiger partial charge in [-0.05, 0) is 42.4 Å². The number of hydrogen-bond acceptors (Lipinski definition) is 3. The number of hydrogen-bond donors (Lipinski definition) is 1. The Balaban J connectivity index is 1.99. The van der Waals surface area contributed by atoms with E-state index >= 15 is 0 Å². The first kappa shape index (κ1) is 14.0. The molecular weight excluding hydrogens is 322 g/mol. The van der Waals surface area contributed by atoms with Crippen LogP contribution in [0.15, 0.2) is 28.7 Å². The standard InChI is InChI=1S/C15H18BrNO3/c16-10-7-5-9(6-8-10)13-11-3-1-2-4-12(11)15(18)14(13)17(19)20/h5-8,11-15,18H,1-4H2/t11-,12-,13+,14-,15+/m1/s1. The molecule has 2 aliphatic rings. The average Bonchev–Trinajstić information content (AvgIpc) is 2.74. The average molecular weight is 340 g/mol. The molecule has 0 bridgehead atoms. The van der Waals surface area contributed by atoms with Crippen molar-refractivity contribution in [2.45, 2.75) is 43.7 Å². The normalized spacial score (nSPS) is 36.6. The molecule has 5 atom stereocenters. The lowest BCUT2D eigenvalue weighted by atomic mass is 9.75. The Morgan fingerprint density at radius 2 is 1.75 bits per heavy atom. The van der Waals surface area contributed by atoms with Crippen LogP contribution < -0.4 is 0 Å². The molecule has 4 nitrogen and oxygen atoms in total. The topological polar surface area (TPSA) is 63.4 Å². The summed E-state index contributed by atoms with van der Waals surface area (Å²) >= 11 is 3.40. The molecule has 0 amide bonds. The van der Waals surface area contributed by atoms with Crippen LogP contribution in [-0.2, 0) is 0 Å². The van der Waals surface area contributed by atoms with Crippen LogP contribution in [0.25, 0.3) is 0 Å². The van der Waals surface area contributed by atoms with E-state index in [0.717, 1.165) is 35.7 Å². The Morgan fingerprint density at radius 1 is 1.15 bits per heavy atom. The number of aliphatic hydroxyl groups is 1. The van der Waals surface area contributed by atoms with Crippen LogP contribution in [0.3, 0.4) is 0 Å². The molecule has 2 fully saturated rings. The highest BCUT2D eigenvalue weighted by Crippen LogP contribution is 2.51. The fraction of sp³-hybridized carbons (Fsp3) is 0.600. The highest BCUT2D eigenvalue weighted by molar-refractivity contribution is 9.10. The van der Waals surface area contributed by atoms with E-state index in [2.05, 4.69) is 15.9 Å². The molecule has 0 aromatic heterocycles. The van der Waals surface area contributed by atoms with Crippen molar-refractivity contribution in [2.75, 3.05) is 0 Å². The van der Waals surface area contributed by atoms with E-state index in [0.29, 0.717) is 0 Å². The number of benzene rings is 1. The van der Waals surface area contributed by atoms with Crippen LogP contribution >= 0.6 is 15.9 Å². The minimum absolute atomic E-state index is 0.0906. The number of rotatable bonds is 2. The molecule has 1 aromatic carbocycles. The molecule has 0 heterocycles. The van der Waals surface area contributed by atoms with Gasteiger partial charge in [0.05, 0.1) is 5.92 Å². The van der Waals surface area contributed by atoms with Crippen LogP contribution in [0.4, 0.5) is 0 Å². The third-order valence-electron chi connectivity index (χ3n) is 4.99. The maximum Gasteiger partial charge on any atom is 0.245 e. The van der Waals surface area contributed by atoms with Crippen molar-refractivity contribution in [3.63, 3.8) is 0 Å². The van der Waals surface area contributed by atoms with Gasteiger partial charge in [0.25, 0.3) is 0 Å². The van der Waals surface area contributed by atoms with Gasteiger partial charge in [-0.2, -0.15) is 0 Å². The summed E-state index contributed by atoms with van der Waals surface area (Å²) in [5.41, 5.74) is 0.989. The Bertz CT molecular complexity index is 504. The fourth-order valence-corrected chi connectivity index (χ4v) is 4.43. The highest BCUT2D eigenvalue weighted by atomic mass is 79.9. The second-order valence-corrected chi connectivity index (χ2v) is 6.87. The molecule has 1 N–H and O–H groups in total. The first-order valence-corrected chi connectivity index (χ1v) is 7.96. The van der Waals surface area contributed by atoms with Crippen molar-refractivity contribution in [3.8, 4) is 0 Å².